The molecule has 0 fully saturated rings. The van der Waals surface area contributed by atoms with Crippen LogP contribution in [0.25, 0.3) is 11.3 Å². The highest BCUT2D eigenvalue weighted by Gasteiger charge is 2.05. The molecule has 0 bridgehead atoms. The predicted octanol–water partition coefficient (Wildman–Crippen LogP) is 2.72. The minimum Gasteiger partial charge on any atom is -0.382 e. The average molecular weight is 306 g/mol. The number of carbonyl (C=O) groups is 1. The maximum Gasteiger partial charge on any atom is 0.250 e. The summed E-state index contributed by atoms with van der Waals surface area (Å²) in [6.45, 7) is 2.89. The number of nitrogens with one attached hydrogen (secondary N) is 1. The summed E-state index contributed by atoms with van der Waals surface area (Å²) in [4.78, 5) is 16.1. The van der Waals surface area contributed by atoms with E-state index in [9.17, 15) is 4.79 Å². The lowest BCUT2D eigenvalue weighted by Gasteiger charge is -2.06. The molecule has 21 heavy (non-hydrogen) atoms. The number of nitrogens with zero attached hydrogens (tertiary/aromatic N) is 1. The molecule has 0 saturated heterocycles. The molecule has 1 heterocycles. The molecule has 0 aliphatic carbocycles. The zero-order valence-corrected chi connectivity index (χ0v) is 12.9. The molecule has 0 radical (unpaired) electrons. The molecular weight excluding hydrogens is 288 g/mol. The number of aryl methyl sites for hydroxylation is 1. The van der Waals surface area contributed by atoms with Crippen LogP contribution in [0.1, 0.15) is 5.01 Å². The first-order valence-corrected chi connectivity index (χ1v) is 7.46. The van der Waals surface area contributed by atoms with Crippen LogP contribution in [0.2, 0.25) is 0 Å². The topological polar surface area (TPSA) is 60.5 Å². The van der Waals surface area contributed by atoms with Crippen molar-refractivity contribution in [3.63, 3.8) is 0 Å². The first-order chi connectivity index (χ1) is 10.2. The van der Waals surface area contributed by atoms with Crippen molar-refractivity contribution in [2.24, 2.45) is 0 Å². The summed E-state index contributed by atoms with van der Waals surface area (Å²) in [5, 5.41) is 5.84. The van der Waals surface area contributed by atoms with Crippen molar-refractivity contribution in [3.8, 4) is 11.3 Å². The quantitative estimate of drug-likeness (QED) is 0.799. The van der Waals surface area contributed by atoms with Gasteiger partial charge >= 0.3 is 0 Å². The monoisotopic (exact) mass is 306 g/mol. The lowest BCUT2D eigenvalue weighted by atomic mass is 10.1. The second-order valence-corrected chi connectivity index (χ2v) is 5.48. The molecule has 2 aromatic rings. The van der Waals surface area contributed by atoms with E-state index in [1.54, 1.807) is 18.4 Å². The lowest BCUT2D eigenvalue weighted by molar-refractivity contribution is -0.121. The molecule has 0 spiro atoms. The fourth-order valence-electron chi connectivity index (χ4n) is 1.72. The van der Waals surface area contributed by atoms with Gasteiger partial charge in [0.2, 0.25) is 5.91 Å². The van der Waals surface area contributed by atoms with Gasteiger partial charge in [-0.25, -0.2) is 4.98 Å². The number of carbonyl (C=O) groups excluding carboxylic acids is 1. The van der Waals surface area contributed by atoms with E-state index < -0.39 is 0 Å². The zero-order valence-electron chi connectivity index (χ0n) is 12.1. The Morgan fingerprint density at radius 2 is 2.05 bits per heavy atom. The highest BCUT2D eigenvalue weighted by atomic mass is 32.1. The van der Waals surface area contributed by atoms with Crippen LogP contribution in [-0.2, 0) is 14.3 Å². The Hall–Kier alpha value is -1.76. The van der Waals surface area contributed by atoms with Crippen molar-refractivity contribution >= 4 is 22.9 Å². The van der Waals surface area contributed by atoms with Gasteiger partial charge in [0, 0.05) is 23.7 Å². The van der Waals surface area contributed by atoms with Gasteiger partial charge in [0.05, 0.1) is 23.9 Å². The molecule has 0 aliphatic heterocycles. The van der Waals surface area contributed by atoms with Crippen molar-refractivity contribution in [2.45, 2.75) is 6.92 Å². The molecule has 1 aromatic carbocycles. The second-order valence-electron chi connectivity index (χ2n) is 4.42. The summed E-state index contributed by atoms with van der Waals surface area (Å²) in [6.07, 6.45) is 0. The number of amides is 1. The Morgan fingerprint density at radius 3 is 2.67 bits per heavy atom. The number of hydrogen-bond acceptors (Lipinski definition) is 5. The first kappa shape index (κ1) is 15.6. The van der Waals surface area contributed by atoms with Crippen LogP contribution in [0.5, 0.6) is 0 Å². The SMILES string of the molecule is COCCOCC(=O)Nc1ccc(-c2csc(C)n2)cc1. The molecule has 0 unspecified atom stereocenters. The van der Waals surface area contributed by atoms with Crippen molar-refractivity contribution in [2.75, 3.05) is 32.2 Å². The molecule has 1 amide bonds. The number of hydrogen-bond donors (Lipinski definition) is 1. The van der Waals surface area contributed by atoms with Crippen LogP contribution < -0.4 is 5.32 Å². The molecule has 1 aromatic heterocycles. The Bertz CT molecular complexity index is 581. The molecule has 112 valence electrons. The summed E-state index contributed by atoms with van der Waals surface area (Å²) in [6, 6.07) is 7.60. The fraction of sp³-hybridized carbons (Fsp3) is 0.333. The smallest absolute Gasteiger partial charge is 0.250 e. The van der Waals surface area contributed by atoms with Gasteiger partial charge < -0.3 is 14.8 Å². The molecule has 0 atom stereocenters. The van der Waals surface area contributed by atoms with E-state index in [2.05, 4.69) is 10.3 Å². The van der Waals surface area contributed by atoms with Gasteiger partial charge in [-0.3, -0.25) is 4.79 Å². The van der Waals surface area contributed by atoms with Gasteiger partial charge in [-0.15, -0.1) is 11.3 Å². The number of anilines is 1. The Balaban J connectivity index is 1.86. The van der Waals surface area contributed by atoms with E-state index in [1.165, 1.54) is 0 Å². The van der Waals surface area contributed by atoms with Crippen molar-refractivity contribution in [3.05, 3.63) is 34.7 Å². The lowest BCUT2D eigenvalue weighted by Crippen LogP contribution is -2.19. The predicted molar refractivity (Wildman–Crippen MR) is 83.6 cm³/mol. The van der Waals surface area contributed by atoms with Gasteiger partial charge in [0.1, 0.15) is 6.61 Å². The number of ether oxygens (including phenoxy) is 2. The third kappa shape index (κ3) is 4.93. The largest absolute Gasteiger partial charge is 0.382 e. The van der Waals surface area contributed by atoms with Crippen LogP contribution in [0.4, 0.5) is 5.69 Å². The van der Waals surface area contributed by atoms with Gasteiger partial charge in [-0.05, 0) is 19.1 Å². The van der Waals surface area contributed by atoms with Gasteiger partial charge in [-0.2, -0.15) is 0 Å². The number of thiazole rings is 1. The summed E-state index contributed by atoms with van der Waals surface area (Å²) < 4.78 is 10.00. The Morgan fingerprint density at radius 1 is 1.29 bits per heavy atom. The number of rotatable bonds is 7. The normalized spacial score (nSPS) is 10.6. The Kier molecular flexibility index (Phi) is 5.86. The summed E-state index contributed by atoms with van der Waals surface area (Å²) >= 11 is 1.62. The molecule has 0 saturated carbocycles. The molecule has 5 nitrogen and oxygen atoms in total. The molecule has 0 aliphatic rings. The minimum atomic E-state index is -0.177. The maximum absolute atomic E-state index is 11.6. The van der Waals surface area contributed by atoms with E-state index in [1.807, 2.05) is 36.6 Å². The van der Waals surface area contributed by atoms with E-state index in [0.29, 0.717) is 13.2 Å². The Labute approximate surface area is 127 Å². The van der Waals surface area contributed by atoms with Crippen LogP contribution in [0.15, 0.2) is 29.6 Å². The molecular formula is C15H18N2O3S. The first-order valence-electron chi connectivity index (χ1n) is 6.58. The fourth-order valence-corrected chi connectivity index (χ4v) is 2.35. The third-order valence-electron chi connectivity index (χ3n) is 2.75. The minimum absolute atomic E-state index is 0.0242. The molecule has 2 rings (SSSR count). The third-order valence-corrected chi connectivity index (χ3v) is 3.52. The summed E-state index contributed by atoms with van der Waals surface area (Å²) in [5.74, 6) is -0.177. The summed E-state index contributed by atoms with van der Waals surface area (Å²) in [7, 11) is 1.59. The average Bonchev–Trinajstić information content (AvgIpc) is 2.91. The van der Waals surface area contributed by atoms with Crippen LogP contribution in [0, 0.1) is 6.92 Å². The van der Waals surface area contributed by atoms with E-state index in [0.717, 1.165) is 22.0 Å². The van der Waals surface area contributed by atoms with Gasteiger partial charge in [-0.1, -0.05) is 12.1 Å². The highest BCUT2D eigenvalue weighted by Crippen LogP contribution is 2.22. The van der Waals surface area contributed by atoms with Crippen LogP contribution in [-0.4, -0.2) is 37.8 Å². The highest BCUT2D eigenvalue weighted by molar-refractivity contribution is 7.09. The van der Waals surface area contributed by atoms with Crippen LogP contribution in [0.3, 0.4) is 0 Å². The summed E-state index contributed by atoms with van der Waals surface area (Å²) in [5.41, 5.74) is 2.73. The number of benzene rings is 1. The number of aromatic nitrogens is 1. The van der Waals surface area contributed by atoms with Crippen LogP contribution >= 0.6 is 11.3 Å². The number of methoxy groups -OCH3 is 1. The standard InChI is InChI=1S/C15H18N2O3S/c1-11-16-14(10-21-11)12-3-5-13(6-4-12)17-15(18)9-20-8-7-19-2/h3-6,10H,7-9H2,1-2H3,(H,17,18). The zero-order chi connectivity index (χ0) is 15.1. The maximum atomic E-state index is 11.6. The van der Waals surface area contributed by atoms with Crippen molar-refractivity contribution in [1.82, 2.24) is 4.98 Å². The van der Waals surface area contributed by atoms with Crippen molar-refractivity contribution < 1.29 is 14.3 Å². The second kappa shape index (κ2) is 7.87. The molecule has 6 heteroatoms. The van der Waals surface area contributed by atoms with Crippen molar-refractivity contribution in [1.29, 1.82) is 0 Å². The van der Waals surface area contributed by atoms with E-state index in [4.69, 9.17) is 9.47 Å². The van der Waals surface area contributed by atoms with E-state index >= 15 is 0 Å². The van der Waals surface area contributed by atoms with Gasteiger partial charge in [0.25, 0.3) is 0 Å². The van der Waals surface area contributed by atoms with Gasteiger partial charge in [0.15, 0.2) is 0 Å². The molecule has 1 N–H and O–H groups in total. The van der Waals surface area contributed by atoms with E-state index in [-0.39, 0.29) is 12.5 Å².